The third-order valence-electron chi connectivity index (χ3n) is 1.04. The van der Waals surface area contributed by atoms with Gasteiger partial charge in [-0.15, -0.1) is 4.91 Å². The second kappa shape index (κ2) is 2.96. The number of hydrogen-bond acceptors (Lipinski definition) is 3. The highest BCUT2D eigenvalue weighted by molar-refractivity contribution is 14.1. The van der Waals surface area contributed by atoms with Gasteiger partial charge in [0.2, 0.25) is 0 Å². The van der Waals surface area contributed by atoms with E-state index in [1.54, 1.807) is 6.07 Å². The summed E-state index contributed by atoms with van der Waals surface area (Å²) in [6, 6.07) is 4.67. The molecule has 0 aliphatic carbocycles. The molecule has 4 heteroatoms. The Morgan fingerprint density at radius 3 is 2.70 bits per heavy atom. The molecule has 0 heterocycles. The van der Waals surface area contributed by atoms with E-state index in [9.17, 15) is 4.91 Å². The predicted molar refractivity (Wildman–Crippen MR) is 46.3 cm³/mol. The van der Waals surface area contributed by atoms with Crippen molar-refractivity contribution in [3.63, 3.8) is 0 Å². The molecular formula is C6H4INO2. The highest BCUT2D eigenvalue weighted by atomic mass is 127. The van der Waals surface area contributed by atoms with E-state index < -0.39 is 0 Å². The molecule has 0 radical (unpaired) electrons. The third-order valence-corrected chi connectivity index (χ3v) is 1.71. The maximum Gasteiger partial charge on any atom is 0.149 e. The van der Waals surface area contributed by atoms with Crippen molar-refractivity contribution >= 4 is 28.3 Å². The summed E-state index contributed by atoms with van der Waals surface area (Å²) < 4.78 is 0.877. The Morgan fingerprint density at radius 2 is 2.20 bits per heavy atom. The molecule has 0 aliphatic rings. The maximum absolute atomic E-state index is 9.93. The van der Waals surface area contributed by atoms with E-state index in [-0.39, 0.29) is 11.4 Å². The van der Waals surface area contributed by atoms with E-state index in [1.807, 2.05) is 22.6 Å². The average molecular weight is 249 g/mol. The van der Waals surface area contributed by atoms with Crippen LogP contribution in [0.4, 0.5) is 5.69 Å². The van der Waals surface area contributed by atoms with E-state index in [0.717, 1.165) is 3.57 Å². The van der Waals surface area contributed by atoms with E-state index >= 15 is 0 Å². The van der Waals surface area contributed by atoms with Crippen LogP contribution in [0.15, 0.2) is 23.4 Å². The molecule has 10 heavy (non-hydrogen) atoms. The number of phenolic OH excluding ortho intramolecular Hbond substituents is 1. The van der Waals surface area contributed by atoms with Crippen LogP contribution in [0.5, 0.6) is 5.75 Å². The van der Waals surface area contributed by atoms with Crippen LogP contribution < -0.4 is 0 Å². The van der Waals surface area contributed by atoms with Crippen molar-refractivity contribution in [3.8, 4) is 5.75 Å². The lowest BCUT2D eigenvalue weighted by Gasteiger charge is -1.93. The van der Waals surface area contributed by atoms with E-state index in [1.165, 1.54) is 12.1 Å². The summed E-state index contributed by atoms with van der Waals surface area (Å²) in [6.45, 7) is 0. The van der Waals surface area contributed by atoms with Gasteiger partial charge in [0.15, 0.2) is 0 Å². The van der Waals surface area contributed by atoms with Crippen LogP contribution in [-0.4, -0.2) is 5.11 Å². The van der Waals surface area contributed by atoms with E-state index in [2.05, 4.69) is 5.18 Å². The van der Waals surface area contributed by atoms with Gasteiger partial charge in [-0.25, -0.2) is 0 Å². The Bertz CT molecular complexity index is 262. The molecule has 0 amide bonds. The molecule has 0 saturated heterocycles. The third kappa shape index (κ3) is 1.44. The molecule has 1 rings (SSSR count). The summed E-state index contributed by atoms with van der Waals surface area (Å²) >= 11 is 2.03. The normalized spacial score (nSPS) is 9.30. The van der Waals surface area contributed by atoms with Crippen LogP contribution in [0, 0.1) is 8.48 Å². The van der Waals surface area contributed by atoms with Crippen LogP contribution in [0.3, 0.4) is 0 Å². The SMILES string of the molecule is O=Nc1ccc(I)cc1O. The molecule has 0 bridgehead atoms. The number of nitrogens with zero attached hydrogens (tertiary/aromatic N) is 1. The largest absolute Gasteiger partial charge is 0.506 e. The predicted octanol–water partition coefficient (Wildman–Crippen LogP) is 2.39. The molecule has 0 unspecified atom stereocenters. The zero-order valence-corrected chi connectivity index (χ0v) is 7.07. The molecule has 0 aliphatic heterocycles. The minimum Gasteiger partial charge on any atom is -0.506 e. The zero-order valence-electron chi connectivity index (χ0n) is 4.91. The van der Waals surface area contributed by atoms with E-state index in [4.69, 9.17) is 5.11 Å². The minimum atomic E-state index is -0.0677. The first-order chi connectivity index (χ1) is 4.74. The molecular weight excluding hydrogens is 245 g/mol. The van der Waals surface area contributed by atoms with Gasteiger partial charge in [-0.05, 0) is 46.0 Å². The molecule has 1 aromatic rings. The van der Waals surface area contributed by atoms with Gasteiger partial charge in [-0.1, -0.05) is 0 Å². The second-order valence-corrected chi connectivity index (χ2v) is 2.97. The van der Waals surface area contributed by atoms with Crippen molar-refractivity contribution in [1.29, 1.82) is 0 Å². The van der Waals surface area contributed by atoms with Gasteiger partial charge in [0.05, 0.1) is 0 Å². The van der Waals surface area contributed by atoms with Crippen LogP contribution in [-0.2, 0) is 0 Å². The number of benzene rings is 1. The summed E-state index contributed by atoms with van der Waals surface area (Å²) in [6.07, 6.45) is 0. The van der Waals surface area contributed by atoms with Gasteiger partial charge in [0.25, 0.3) is 0 Å². The monoisotopic (exact) mass is 249 g/mol. The van der Waals surface area contributed by atoms with Gasteiger partial charge in [-0.3, -0.25) is 0 Å². The Hall–Kier alpha value is -0.650. The Balaban J connectivity index is 3.19. The van der Waals surface area contributed by atoms with E-state index in [0.29, 0.717) is 0 Å². The van der Waals surface area contributed by atoms with Crippen molar-refractivity contribution in [2.45, 2.75) is 0 Å². The lowest BCUT2D eigenvalue weighted by molar-refractivity contribution is 0.476. The summed E-state index contributed by atoms with van der Waals surface area (Å²) in [4.78, 5) is 9.93. The molecule has 3 nitrogen and oxygen atoms in total. The van der Waals surface area contributed by atoms with Gasteiger partial charge in [-0.2, -0.15) is 0 Å². The van der Waals surface area contributed by atoms with Crippen LogP contribution in [0.25, 0.3) is 0 Å². The molecule has 0 aromatic heterocycles. The van der Waals surface area contributed by atoms with Crippen molar-refractivity contribution in [2.75, 3.05) is 0 Å². The molecule has 52 valence electrons. The quantitative estimate of drug-likeness (QED) is 0.613. The van der Waals surface area contributed by atoms with Gasteiger partial charge in [0, 0.05) is 3.57 Å². The van der Waals surface area contributed by atoms with Crippen molar-refractivity contribution in [1.82, 2.24) is 0 Å². The fourth-order valence-electron chi connectivity index (χ4n) is 0.574. The van der Waals surface area contributed by atoms with Crippen molar-refractivity contribution in [3.05, 3.63) is 26.7 Å². The fraction of sp³-hybridized carbons (Fsp3) is 0. The molecule has 0 atom stereocenters. The molecule has 1 aromatic carbocycles. The first kappa shape index (κ1) is 7.46. The van der Waals surface area contributed by atoms with Gasteiger partial charge >= 0.3 is 0 Å². The molecule has 0 fully saturated rings. The van der Waals surface area contributed by atoms with Crippen LogP contribution in [0.2, 0.25) is 0 Å². The summed E-state index contributed by atoms with van der Waals surface area (Å²) in [5, 5.41) is 11.6. The minimum absolute atomic E-state index is 0.0677. The number of nitroso groups, excluding NO2 is 1. The Labute approximate surface area is 71.2 Å². The average Bonchev–Trinajstić information content (AvgIpc) is 1.88. The Morgan fingerprint density at radius 1 is 1.50 bits per heavy atom. The summed E-state index contributed by atoms with van der Waals surface area (Å²) in [5.41, 5.74) is 0.0837. The molecule has 0 spiro atoms. The number of halogens is 1. The Kier molecular flexibility index (Phi) is 2.21. The van der Waals surface area contributed by atoms with Gasteiger partial charge < -0.3 is 5.11 Å². The summed E-state index contributed by atoms with van der Waals surface area (Å²) in [5.74, 6) is -0.0677. The van der Waals surface area contributed by atoms with Crippen LogP contribution in [0.1, 0.15) is 0 Å². The van der Waals surface area contributed by atoms with Crippen LogP contribution >= 0.6 is 22.6 Å². The standard InChI is InChI=1S/C6H4INO2/c7-4-1-2-5(8-10)6(9)3-4/h1-3,9H. The van der Waals surface area contributed by atoms with Gasteiger partial charge in [0.1, 0.15) is 11.4 Å². The first-order valence-electron chi connectivity index (χ1n) is 2.56. The lowest BCUT2D eigenvalue weighted by atomic mass is 10.3. The van der Waals surface area contributed by atoms with Crippen molar-refractivity contribution in [2.24, 2.45) is 5.18 Å². The summed E-state index contributed by atoms with van der Waals surface area (Å²) in [7, 11) is 0. The lowest BCUT2D eigenvalue weighted by Crippen LogP contribution is -1.69. The fourth-order valence-corrected chi connectivity index (χ4v) is 1.05. The smallest absolute Gasteiger partial charge is 0.149 e. The maximum atomic E-state index is 9.93. The number of phenols is 1. The molecule has 0 saturated carbocycles. The zero-order chi connectivity index (χ0) is 7.56. The highest BCUT2D eigenvalue weighted by Crippen LogP contribution is 2.26. The first-order valence-corrected chi connectivity index (χ1v) is 3.64. The molecule has 1 N–H and O–H groups in total. The number of rotatable bonds is 1. The highest BCUT2D eigenvalue weighted by Gasteiger charge is 1.99. The topological polar surface area (TPSA) is 49.7 Å². The van der Waals surface area contributed by atoms with Crippen molar-refractivity contribution < 1.29 is 5.11 Å². The number of aromatic hydroxyl groups is 1. The number of hydrogen-bond donors (Lipinski definition) is 1. The second-order valence-electron chi connectivity index (χ2n) is 1.72.